The third kappa shape index (κ3) is 4.13. The van der Waals surface area contributed by atoms with Crippen LogP contribution in [0.25, 0.3) is 0 Å². The number of hydrogen-bond donors (Lipinski definition) is 2. The molecule has 0 spiro atoms. The molecule has 106 valence electrons. The first kappa shape index (κ1) is 15.8. The number of nitrogens with zero attached hydrogens (tertiary/aromatic N) is 1. The van der Waals surface area contributed by atoms with Gasteiger partial charge in [0.2, 0.25) is 0 Å². The lowest BCUT2D eigenvalue weighted by molar-refractivity contribution is -0.383. The number of hydrogen-bond acceptors (Lipinski definition) is 4. The molecule has 0 amide bonds. The Hall–Kier alpha value is -2.27. The molecule has 0 radical (unpaired) electrons. The maximum absolute atomic E-state index is 10.2. The van der Waals surface area contributed by atoms with E-state index >= 15 is 0 Å². The van der Waals surface area contributed by atoms with Crippen molar-refractivity contribution < 1.29 is 4.92 Å². The maximum atomic E-state index is 10.2. The van der Waals surface area contributed by atoms with Gasteiger partial charge in [0.15, 0.2) is 0 Å². The Morgan fingerprint density at radius 2 is 1.75 bits per heavy atom. The van der Waals surface area contributed by atoms with Crippen molar-refractivity contribution in [1.82, 2.24) is 0 Å². The fourth-order valence-electron chi connectivity index (χ4n) is 1.47. The summed E-state index contributed by atoms with van der Waals surface area (Å²) in [6.45, 7) is 4.09. The van der Waals surface area contributed by atoms with Crippen LogP contribution >= 0.6 is 11.6 Å². The van der Waals surface area contributed by atoms with Crippen molar-refractivity contribution in [1.29, 1.82) is 0 Å². The van der Waals surface area contributed by atoms with Gasteiger partial charge in [-0.15, -0.1) is 0 Å². The molecule has 0 unspecified atom stereocenters. The van der Waals surface area contributed by atoms with Gasteiger partial charge in [-0.3, -0.25) is 10.1 Å². The summed E-state index contributed by atoms with van der Waals surface area (Å²) < 4.78 is 0. The minimum absolute atomic E-state index is 0.0856. The Labute approximate surface area is 122 Å². The Kier molecular flexibility index (Phi) is 5.34. The maximum Gasteiger partial charge on any atom is 0.292 e. The molecule has 0 aromatic heterocycles. The van der Waals surface area contributed by atoms with Crippen LogP contribution in [0.4, 0.5) is 17.1 Å². The van der Waals surface area contributed by atoms with Crippen LogP contribution in [0.5, 0.6) is 0 Å². The van der Waals surface area contributed by atoms with E-state index in [0.717, 1.165) is 5.69 Å². The summed E-state index contributed by atoms with van der Waals surface area (Å²) in [5.74, 6) is 0. The molecule has 0 aliphatic rings. The first-order valence-corrected chi connectivity index (χ1v) is 6.22. The molecule has 2 rings (SSSR count). The highest BCUT2D eigenvalue weighted by molar-refractivity contribution is 6.30. The molecule has 0 bridgehead atoms. The number of aryl methyl sites for hydroxylation is 1. The molecule has 0 atom stereocenters. The minimum Gasteiger partial charge on any atom is -0.399 e. The van der Waals surface area contributed by atoms with Gasteiger partial charge in [-0.2, -0.15) is 0 Å². The highest BCUT2D eigenvalue weighted by Crippen LogP contribution is 2.24. The van der Waals surface area contributed by atoms with Gasteiger partial charge < -0.3 is 11.5 Å². The van der Waals surface area contributed by atoms with E-state index in [-0.39, 0.29) is 11.4 Å². The molecular weight excluding hydrogens is 278 g/mol. The van der Waals surface area contributed by atoms with Crippen LogP contribution in [0.1, 0.15) is 11.1 Å². The van der Waals surface area contributed by atoms with Crippen LogP contribution in [0.2, 0.25) is 5.02 Å². The summed E-state index contributed by atoms with van der Waals surface area (Å²) in [6.07, 6.45) is 0. The number of nitro groups is 1. The summed E-state index contributed by atoms with van der Waals surface area (Å²) in [6, 6.07) is 10.00. The van der Waals surface area contributed by atoms with Gasteiger partial charge in [0.25, 0.3) is 5.69 Å². The van der Waals surface area contributed by atoms with Crippen molar-refractivity contribution in [3.63, 3.8) is 0 Å². The lowest BCUT2D eigenvalue weighted by Gasteiger charge is -2.00. The Morgan fingerprint density at radius 1 is 1.10 bits per heavy atom. The molecule has 2 aromatic rings. The Morgan fingerprint density at radius 3 is 2.20 bits per heavy atom. The molecule has 0 heterocycles. The second-order valence-corrected chi connectivity index (χ2v) is 4.69. The summed E-state index contributed by atoms with van der Waals surface area (Å²) >= 11 is 5.52. The summed E-state index contributed by atoms with van der Waals surface area (Å²) in [5.41, 5.74) is 14.2. The van der Waals surface area contributed by atoms with E-state index in [4.69, 9.17) is 23.1 Å². The summed E-state index contributed by atoms with van der Waals surface area (Å²) in [4.78, 5) is 9.67. The van der Waals surface area contributed by atoms with Gasteiger partial charge in [0, 0.05) is 16.8 Å². The van der Waals surface area contributed by atoms with Gasteiger partial charge in [0.1, 0.15) is 5.69 Å². The smallest absolute Gasteiger partial charge is 0.292 e. The monoisotopic (exact) mass is 293 g/mol. The standard InChI is InChI=1S/C8H11N.C6H5ClN2O2/c1-6-4-3-5-8(9)7(6)2;7-4-1-2-6(9(10)11)5(8)3-4/h3-5H,9H2,1-2H3;1-3H,8H2. The van der Waals surface area contributed by atoms with Crippen molar-refractivity contribution in [3.8, 4) is 0 Å². The van der Waals surface area contributed by atoms with E-state index in [2.05, 4.69) is 13.0 Å². The Bertz CT molecular complexity index is 610. The molecule has 0 saturated carbocycles. The van der Waals surface area contributed by atoms with Crippen LogP contribution in [0, 0.1) is 24.0 Å². The van der Waals surface area contributed by atoms with Crippen molar-refractivity contribution in [2.75, 3.05) is 11.5 Å². The van der Waals surface area contributed by atoms with E-state index in [1.54, 1.807) is 0 Å². The fraction of sp³-hybridized carbons (Fsp3) is 0.143. The van der Waals surface area contributed by atoms with Crippen molar-refractivity contribution >= 4 is 28.7 Å². The molecule has 4 N–H and O–H groups in total. The highest BCUT2D eigenvalue weighted by Gasteiger charge is 2.09. The number of nitrogens with two attached hydrogens (primary N) is 2. The van der Waals surface area contributed by atoms with Gasteiger partial charge >= 0.3 is 0 Å². The number of nitrogen functional groups attached to an aromatic ring is 2. The predicted molar refractivity (Wildman–Crippen MR) is 82.8 cm³/mol. The lowest BCUT2D eigenvalue weighted by Crippen LogP contribution is -1.94. The number of nitro benzene ring substituents is 1. The van der Waals surface area contributed by atoms with Crippen LogP contribution in [-0.2, 0) is 0 Å². The number of anilines is 2. The molecular formula is C14H16ClN3O2. The third-order valence-corrected chi connectivity index (χ3v) is 3.07. The van der Waals surface area contributed by atoms with E-state index < -0.39 is 4.92 Å². The summed E-state index contributed by atoms with van der Waals surface area (Å²) in [5, 5.41) is 10.6. The van der Waals surface area contributed by atoms with Crippen LogP contribution in [-0.4, -0.2) is 4.92 Å². The first-order valence-electron chi connectivity index (χ1n) is 5.84. The van der Waals surface area contributed by atoms with Crippen LogP contribution < -0.4 is 11.5 Å². The topological polar surface area (TPSA) is 95.2 Å². The molecule has 0 aliphatic carbocycles. The molecule has 20 heavy (non-hydrogen) atoms. The highest BCUT2D eigenvalue weighted by atomic mass is 35.5. The van der Waals surface area contributed by atoms with E-state index in [9.17, 15) is 10.1 Å². The van der Waals surface area contributed by atoms with E-state index in [1.165, 1.54) is 29.3 Å². The molecule has 2 aromatic carbocycles. The second-order valence-electron chi connectivity index (χ2n) is 4.25. The van der Waals surface area contributed by atoms with Gasteiger partial charge in [-0.05, 0) is 43.2 Å². The zero-order chi connectivity index (χ0) is 15.3. The average molecular weight is 294 g/mol. The SMILES string of the molecule is Cc1cccc(N)c1C.Nc1cc(Cl)ccc1[N+](=O)[O-]. The first-order chi connectivity index (χ1) is 9.32. The zero-order valence-electron chi connectivity index (χ0n) is 11.3. The van der Waals surface area contributed by atoms with Crippen molar-refractivity contribution in [3.05, 3.63) is 62.7 Å². The van der Waals surface area contributed by atoms with E-state index in [1.807, 2.05) is 19.1 Å². The minimum atomic E-state index is -0.550. The van der Waals surface area contributed by atoms with Crippen molar-refractivity contribution in [2.24, 2.45) is 0 Å². The molecule has 0 aliphatic heterocycles. The largest absolute Gasteiger partial charge is 0.399 e. The average Bonchev–Trinajstić information content (AvgIpc) is 2.36. The van der Waals surface area contributed by atoms with Gasteiger partial charge in [-0.25, -0.2) is 0 Å². The van der Waals surface area contributed by atoms with Crippen LogP contribution in [0.3, 0.4) is 0 Å². The third-order valence-electron chi connectivity index (χ3n) is 2.83. The lowest BCUT2D eigenvalue weighted by atomic mass is 10.1. The number of halogens is 1. The molecule has 6 heteroatoms. The van der Waals surface area contributed by atoms with Gasteiger partial charge in [-0.1, -0.05) is 23.7 Å². The Balaban J connectivity index is 0.000000204. The number of benzene rings is 2. The second kappa shape index (κ2) is 6.77. The molecule has 0 fully saturated rings. The summed E-state index contributed by atoms with van der Waals surface area (Å²) in [7, 11) is 0. The van der Waals surface area contributed by atoms with Crippen LogP contribution in [0.15, 0.2) is 36.4 Å². The van der Waals surface area contributed by atoms with Crippen molar-refractivity contribution in [2.45, 2.75) is 13.8 Å². The van der Waals surface area contributed by atoms with E-state index in [0.29, 0.717) is 5.02 Å². The molecule has 0 saturated heterocycles. The number of rotatable bonds is 1. The fourth-order valence-corrected chi connectivity index (χ4v) is 1.65. The normalized spacial score (nSPS) is 9.55. The quantitative estimate of drug-likeness (QED) is 0.476. The molecule has 5 nitrogen and oxygen atoms in total. The zero-order valence-corrected chi connectivity index (χ0v) is 12.0. The van der Waals surface area contributed by atoms with Gasteiger partial charge in [0.05, 0.1) is 4.92 Å². The predicted octanol–water partition coefficient (Wildman–Crippen LogP) is 3.72.